The maximum Gasteiger partial charge on any atom is 0.526 e. The fourth-order valence-corrected chi connectivity index (χ4v) is 3.88. The van der Waals surface area contributed by atoms with Crippen molar-refractivity contribution >= 4 is 32.8 Å². The van der Waals surface area contributed by atoms with Crippen molar-refractivity contribution < 1.29 is 13.3 Å². The first-order valence-electron chi connectivity index (χ1n) is 6.19. The zero-order valence-electron chi connectivity index (χ0n) is 11.8. The van der Waals surface area contributed by atoms with Crippen molar-refractivity contribution in [2.24, 2.45) is 9.98 Å². The fraction of sp³-hybridized carbons (Fsp3) is 0.818. The fourth-order valence-electron chi connectivity index (χ4n) is 1.40. The molecule has 1 atom stereocenters. The molecular weight excluding hydrogens is 268 g/mol. The van der Waals surface area contributed by atoms with E-state index in [9.17, 15) is 0 Å². The van der Waals surface area contributed by atoms with Crippen LogP contribution >= 0.6 is 12.6 Å². The molecule has 0 amide bonds. The minimum Gasteiger partial charge on any atom is -0.373 e. The molecule has 0 aromatic rings. The zero-order chi connectivity index (χ0) is 14.0. The summed E-state index contributed by atoms with van der Waals surface area (Å²) in [6, 6.07) is 0. The average Bonchev–Trinajstić information content (AvgIpc) is 2.29. The Balaban J connectivity index is 4.90. The Morgan fingerprint density at radius 2 is 1.61 bits per heavy atom. The van der Waals surface area contributed by atoms with Gasteiger partial charge >= 0.3 is 8.80 Å². The third kappa shape index (κ3) is 6.10. The van der Waals surface area contributed by atoms with Crippen LogP contribution in [0.2, 0.25) is 0 Å². The van der Waals surface area contributed by atoms with Gasteiger partial charge in [0, 0.05) is 19.8 Å². The second kappa shape index (κ2) is 9.68. The molecule has 0 saturated heterocycles. The predicted molar refractivity (Wildman–Crippen MR) is 80.7 cm³/mol. The molecule has 0 rings (SSSR count). The van der Waals surface area contributed by atoms with Gasteiger partial charge in [0.05, 0.1) is 5.04 Å². The lowest BCUT2D eigenvalue weighted by Gasteiger charge is -2.31. The number of hydrogen-bond acceptors (Lipinski definition) is 4. The lowest BCUT2D eigenvalue weighted by atomic mass is 10.8. The molecule has 5 nitrogen and oxygen atoms in total. The molecule has 0 aromatic heterocycles. The predicted octanol–water partition coefficient (Wildman–Crippen LogP) is 2.34. The van der Waals surface area contributed by atoms with Crippen LogP contribution in [-0.4, -0.2) is 45.7 Å². The smallest absolute Gasteiger partial charge is 0.373 e. The van der Waals surface area contributed by atoms with E-state index in [1.807, 2.05) is 27.7 Å². The molecular formula is C11H24N2O3SSi. The summed E-state index contributed by atoms with van der Waals surface area (Å²) in [6.07, 6.45) is 1.48. The van der Waals surface area contributed by atoms with Crippen LogP contribution in [0, 0.1) is 0 Å². The topological polar surface area (TPSA) is 52.4 Å². The van der Waals surface area contributed by atoms with Crippen LogP contribution in [0.4, 0.5) is 0 Å². The number of nitrogens with zero attached hydrogens (tertiary/aromatic N) is 2. The van der Waals surface area contributed by atoms with Crippen LogP contribution in [0.3, 0.4) is 0 Å². The van der Waals surface area contributed by atoms with E-state index in [0.717, 1.165) is 0 Å². The highest BCUT2D eigenvalue weighted by atomic mass is 32.1. The van der Waals surface area contributed by atoms with Gasteiger partial charge in [0.15, 0.2) is 0 Å². The zero-order valence-corrected chi connectivity index (χ0v) is 13.7. The lowest BCUT2D eigenvalue weighted by molar-refractivity contribution is 0.0642. The van der Waals surface area contributed by atoms with Gasteiger partial charge in [0.25, 0.3) is 0 Å². The molecule has 0 aliphatic rings. The molecule has 0 saturated carbocycles. The van der Waals surface area contributed by atoms with Crippen molar-refractivity contribution in [2.45, 2.75) is 40.3 Å². The monoisotopic (exact) mass is 292 g/mol. The molecule has 0 aliphatic heterocycles. The first kappa shape index (κ1) is 17.8. The van der Waals surface area contributed by atoms with Gasteiger partial charge in [-0.05, 0) is 34.6 Å². The van der Waals surface area contributed by atoms with E-state index < -0.39 is 8.80 Å². The summed E-state index contributed by atoms with van der Waals surface area (Å²) in [6.45, 7) is 11.1. The highest BCUT2D eigenvalue weighted by Gasteiger charge is 2.47. The molecule has 7 heteroatoms. The third-order valence-electron chi connectivity index (χ3n) is 2.08. The van der Waals surface area contributed by atoms with E-state index in [1.165, 1.54) is 6.34 Å². The first-order chi connectivity index (χ1) is 8.52. The Bertz CT molecular complexity index is 266. The summed E-state index contributed by atoms with van der Waals surface area (Å²) in [4.78, 5) is 8.32. The largest absolute Gasteiger partial charge is 0.526 e. The van der Waals surface area contributed by atoms with Crippen molar-refractivity contribution in [3.05, 3.63) is 0 Å². The number of hydrogen-bond donors (Lipinski definition) is 1. The third-order valence-corrected chi connectivity index (χ3v) is 5.44. The number of rotatable bonds is 9. The summed E-state index contributed by atoms with van der Waals surface area (Å²) in [5, 5.41) is 0.655. The molecule has 0 radical (unpaired) electrons. The molecule has 0 spiro atoms. The highest BCUT2D eigenvalue weighted by molar-refractivity contribution is 7.96. The van der Waals surface area contributed by atoms with Crippen LogP contribution in [0.5, 0.6) is 0 Å². The summed E-state index contributed by atoms with van der Waals surface area (Å²) in [5.41, 5.74) is -0.186. The molecule has 106 valence electrons. The Morgan fingerprint density at radius 1 is 1.17 bits per heavy atom. The van der Waals surface area contributed by atoms with E-state index in [0.29, 0.717) is 24.9 Å². The molecule has 0 aliphatic carbocycles. The van der Waals surface area contributed by atoms with Gasteiger partial charge in [0.2, 0.25) is 0 Å². The quantitative estimate of drug-likeness (QED) is 0.307. The molecule has 0 aromatic carbocycles. The van der Waals surface area contributed by atoms with Crippen LogP contribution in [0.1, 0.15) is 34.6 Å². The minimum absolute atomic E-state index is 0.186. The van der Waals surface area contributed by atoms with Gasteiger partial charge in [-0.25, -0.2) is 4.99 Å². The average molecular weight is 292 g/mol. The van der Waals surface area contributed by atoms with Crippen molar-refractivity contribution in [1.29, 1.82) is 0 Å². The highest BCUT2D eigenvalue weighted by Crippen LogP contribution is 2.17. The molecule has 0 heterocycles. The van der Waals surface area contributed by atoms with Gasteiger partial charge in [-0.3, -0.25) is 4.99 Å². The van der Waals surface area contributed by atoms with E-state index in [1.54, 1.807) is 6.92 Å². The van der Waals surface area contributed by atoms with Gasteiger partial charge in [0.1, 0.15) is 12.0 Å². The molecule has 18 heavy (non-hydrogen) atoms. The summed E-state index contributed by atoms with van der Waals surface area (Å²) >= 11 is 4.07. The van der Waals surface area contributed by atoms with Gasteiger partial charge in [-0.2, -0.15) is 0 Å². The van der Waals surface area contributed by atoms with Crippen LogP contribution in [-0.2, 0) is 13.3 Å². The second-order valence-corrected chi connectivity index (χ2v) is 7.08. The molecule has 0 N–H and O–H groups in total. The van der Waals surface area contributed by atoms with Gasteiger partial charge in [-0.1, -0.05) is 0 Å². The van der Waals surface area contributed by atoms with Crippen molar-refractivity contribution in [3.63, 3.8) is 0 Å². The normalized spacial score (nSPS) is 15.3. The summed E-state index contributed by atoms with van der Waals surface area (Å²) < 4.78 is 17.2. The Labute approximate surface area is 116 Å². The maximum absolute atomic E-state index is 5.74. The number of thiol groups is 1. The summed E-state index contributed by atoms with van der Waals surface area (Å²) in [7, 11) is -2.76. The van der Waals surface area contributed by atoms with E-state index in [2.05, 4.69) is 22.6 Å². The van der Waals surface area contributed by atoms with Crippen molar-refractivity contribution in [2.75, 3.05) is 19.8 Å². The molecule has 0 bridgehead atoms. The first-order valence-corrected chi connectivity index (χ1v) is 8.44. The Kier molecular flexibility index (Phi) is 9.57. The molecule has 1 unspecified atom stereocenters. The van der Waals surface area contributed by atoms with Crippen molar-refractivity contribution in [1.82, 2.24) is 0 Å². The Morgan fingerprint density at radius 3 is 1.94 bits per heavy atom. The maximum atomic E-state index is 5.74. The van der Waals surface area contributed by atoms with Crippen molar-refractivity contribution in [3.8, 4) is 0 Å². The van der Waals surface area contributed by atoms with Crippen LogP contribution < -0.4 is 0 Å². The lowest BCUT2D eigenvalue weighted by Crippen LogP contribution is -2.54. The second-order valence-electron chi connectivity index (χ2n) is 3.52. The summed E-state index contributed by atoms with van der Waals surface area (Å²) in [5.74, 6) is 0. The van der Waals surface area contributed by atoms with Gasteiger partial charge < -0.3 is 13.3 Å². The van der Waals surface area contributed by atoms with E-state index >= 15 is 0 Å². The van der Waals surface area contributed by atoms with Crippen LogP contribution in [0.25, 0.3) is 0 Å². The Hall–Kier alpha value is -0.213. The minimum atomic E-state index is -2.76. The molecule has 0 fully saturated rings. The standard InChI is InChI=1S/C11H24N2O3SSi/c1-6-14-18(15-7-2,16-8-3)11(5)13-9-12-10(4)17/h9,11H,6-8H2,1-5H3,(H,12,13,17). The van der Waals surface area contributed by atoms with E-state index in [-0.39, 0.29) is 5.67 Å². The van der Waals surface area contributed by atoms with Crippen LogP contribution in [0.15, 0.2) is 9.98 Å². The number of aliphatic imine (C=N–C) groups is 2. The SMILES string of the molecule is CCO[Si](OCC)(OCC)C(C)N=CN=C(C)S. The van der Waals surface area contributed by atoms with E-state index in [4.69, 9.17) is 13.3 Å². The van der Waals surface area contributed by atoms with Gasteiger partial charge in [-0.15, -0.1) is 12.6 Å².